The summed E-state index contributed by atoms with van der Waals surface area (Å²) in [6.07, 6.45) is 0.470. The molecule has 0 bridgehead atoms. The highest BCUT2D eigenvalue weighted by atomic mass is 19.1. The number of rotatable bonds is 4. The van der Waals surface area contributed by atoms with Crippen LogP contribution in [0, 0.1) is 17.7 Å². The number of aliphatic hydroxyl groups is 1. The van der Waals surface area contributed by atoms with E-state index in [-0.39, 0.29) is 12.4 Å². The summed E-state index contributed by atoms with van der Waals surface area (Å²) < 4.78 is 18.6. The van der Waals surface area contributed by atoms with Gasteiger partial charge in [0.1, 0.15) is 18.2 Å². The van der Waals surface area contributed by atoms with Gasteiger partial charge >= 0.3 is 0 Å². The quantitative estimate of drug-likeness (QED) is 0.865. The summed E-state index contributed by atoms with van der Waals surface area (Å²) in [6, 6.07) is 13.7. The summed E-state index contributed by atoms with van der Waals surface area (Å²) in [6.45, 7) is 0.398. The molecular weight excluding hydrogens is 255 g/mol. The third-order valence-corrected chi connectivity index (χ3v) is 2.62. The highest BCUT2D eigenvalue weighted by molar-refractivity contribution is 5.38. The van der Waals surface area contributed by atoms with E-state index in [2.05, 4.69) is 11.8 Å². The van der Waals surface area contributed by atoms with Gasteiger partial charge in [-0.05, 0) is 42.0 Å². The Hall–Kier alpha value is -2.31. The second-order valence-corrected chi connectivity index (χ2v) is 4.22. The van der Waals surface area contributed by atoms with Crippen LogP contribution in [-0.4, -0.2) is 11.7 Å². The van der Waals surface area contributed by atoms with Crippen molar-refractivity contribution in [2.75, 3.05) is 6.61 Å². The summed E-state index contributed by atoms with van der Waals surface area (Å²) in [5, 5.41) is 8.64. The lowest BCUT2D eigenvalue weighted by Crippen LogP contribution is -1.95. The molecule has 0 amide bonds. The average molecular weight is 270 g/mol. The molecular formula is C17H15FO2. The number of halogens is 1. The Morgan fingerprint density at radius 1 is 1.10 bits per heavy atom. The van der Waals surface area contributed by atoms with Gasteiger partial charge in [-0.1, -0.05) is 24.0 Å². The van der Waals surface area contributed by atoms with Crippen molar-refractivity contribution >= 4 is 0 Å². The van der Waals surface area contributed by atoms with Crippen LogP contribution in [0.15, 0.2) is 48.5 Å². The average Bonchev–Trinajstić information content (AvgIpc) is 2.47. The van der Waals surface area contributed by atoms with Crippen LogP contribution in [0.5, 0.6) is 5.75 Å². The minimum atomic E-state index is -0.263. The van der Waals surface area contributed by atoms with E-state index in [1.165, 1.54) is 12.1 Å². The van der Waals surface area contributed by atoms with Gasteiger partial charge in [0.2, 0.25) is 0 Å². The van der Waals surface area contributed by atoms with Crippen LogP contribution in [0.3, 0.4) is 0 Å². The van der Waals surface area contributed by atoms with Crippen molar-refractivity contribution in [3.63, 3.8) is 0 Å². The fourth-order valence-electron chi connectivity index (χ4n) is 1.65. The van der Waals surface area contributed by atoms with Gasteiger partial charge in [0.25, 0.3) is 0 Å². The maximum atomic E-state index is 13.0. The fourth-order valence-corrected chi connectivity index (χ4v) is 1.65. The van der Waals surface area contributed by atoms with Crippen LogP contribution >= 0.6 is 0 Å². The molecule has 0 aliphatic rings. The van der Waals surface area contributed by atoms with E-state index in [9.17, 15) is 4.39 Å². The maximum Gasteiger partial charge on any atom is 0.123 e. The first-order valence-corrected chi connectivity index (χ1v) is 6.35. The number of benzene rings is 2. The summed E-state index contributed by atoms with van der Waals surface area (Å²) in [5.41, 5.74) is 1.66. The predicted molar refractivity (Wildman–Crippen MR) is 75.8 cm³/mol. The smallest absolute Gasteiger partial charge is 0.123 e. The molecule has 0 aromatic heterocycles. The molecule has 0 heterocycles. The van der Waals surface area contributed by atoms with E-state index in [1.807, 2.05) is 30.3 Å². The second kappa shape index (κ2) is 7.32. The molecule has 0 atom stereocenters. The van der Waals surface area contributed by atoms with Gasteiger partial charge < -0.3 is 9.84 Å². The highest BCUT2D eigenvalue weighted by Crippen LogP contribution is 2.14. The van der Waals surface area contributed by atoms with E-state index in [4.69, 9.17) is 9.84 Å². The number of hydrogen-bond acceptors (Lipinski definition) is 2. The molecule has 0 aliphatic carbocycles. The van der Waals surface area contributed by atoms with Crippen molar-refractivity contribution < 1.29 is 14.2 Å². The first-order valence-electron chi connectivity index (χ1n) is 6.35. The van der Waals surface area contributed by atoms with Gasteiger partial charge in [-0.15, -0.1) is 0 Å². The molecule has 0 unspecified atom stereocenters. The Morgan fingerprint density at radius 3 is 2.60 bits per heavy atom. The number of hydrogen-bond donors (Lipinski definition) is 1. The molecule has 0 fully saturated rings. The Labute approximate surface area is 117 Å². The molecule has 20 heavy (non-hydrogen) atoms. The molecule has 2 aromatic rings. The zero-order valence-corrected chi connectivity index (χ0v) is 11.0. The normalized spacial score (nSPS) is 9.70. The lowest BCUT2D eigenvalue weighted by atomic mass is 10.2. The standard InChI is InChI=1S/C17H15FO2/c18-16-6-3-5-15(12-16)13-20-17-9-7-14(8-10-17)4-1-2-11-19/h3,5-10,12,19H,2,11,13H2. The van der Waals surface area contributed by atoms with Gasteiger partial charge in [0.15, 0.2) is 0 Å². The summed E-state index contributed by atoms with van der Waals surface area (Å²) in [5.74, 6) is 6.24. The molecule has 0 radical (unpaired) electrons. The first-order chi connectivity index (χ1) is 9.78. The molecule has 0 spiro atoms. The maximum absolute atomic E-state index is 13.0. The van der Waals surface area contributed by atoms with Crippen LogP contribution in [0.1, 0.15) is 17.5 Å². The monoisotopic (exact) mass is 270 g/mol. The van der Waals surface area contributed by atoms with Gasteiger partial charge in [0.05, 0.1) is 6.61 Å². The van der Waals surface area contributed by atoms with Crippen molar-refractivity contribution in [3.8, 4) is 17.6 Å². The van der Waals surface area contributed by atoms with Gasteiger partial charge in [-0.3, -0.25) is 0 Å². The molecule has 2 aromatic carbocycles. The van der Waals surface area contributed by atoms with Crippen LogP contribution < -0.4 is 4.74 Å². The van der Waals surface area contributed by atoms with Gasteiger partial charge in [-0.2, -0.15) is 0 Å². The number of ether oxygens (including phenoxy) is 1. The van der Waals surface area contributed by atoms with E-state index in [0.29, 0.717) is 18.8 Å². The SMILES string of the molecule is OCCC#Cc1ccc(OCc2cccc(F)c2)cc1. The Morgan fingerprint density at radius 2 is 1.90 bits per heavy atom. The van der Waals surface area contributed by atoms with Crippen LogP contribution in [0.2, 0.25) is 0 Å². The zero-order chi connectivity index (χ0) is 14.2. The van der Waals surface area contributed by atoms with Crippen molar-refractivity contribution in [1.29, 1.82) is 0 Å². The van der Waals surface area contributed by atoms with Crippen molar-refractivity contribution in [2.45, 2.75) is 13.0 Å². The van der Waals surface area contributed by atoms with Crippen molar-refractivity contribution in [2.24, 2.45) is 0 Å². The highest BCUT2D eigenvalue weighted by Gasteiger charge is 1.97. The van der Waals surface area contributed by atoms with Crippen LogP contribution in [0.4, 0.5) is 4.39 Å². The second-order valence-electron chi connectivity index (χ2n) is 4.22. The molecule has 2 rings (SSSR count). The van der Waals surface area contributed by atoms with Crippen LogP contribution in [0.25, 0.3) is 0 Å². The Bertz CT molecular complexity index is 609. The lowest BCUT2D eigenvalue weighted by molar-refractivity contribution is 0.305. The largest absolute Gasteiger partial charge is 0.489 e. The molecule has 102 valence electrons. The number of aliphatic hydroxyl groups excluding tert-OH is 1. The molecule has 0 aliphatic heterocycles. The summed E-state index contributed by atoms with van der Waals surface area (Å²) in [7, 11) is 0. The van der Waals surface area contributed by atoms with Gasteiger partial charge in [0, 0.05) is 12.0 Å². The Balaban J connectivity index is 1.93. The van der Waals surface area contributed by atoms with E-state index in [0.717, 1.165) is 11.1 Å². The molecule has 3 heteroatoms. The fraction of sp³-hybridized carbons (Fsp3) is 0.176. The first kappa shape index (κ1) is 14.1. The van der Waals surface area contributed by atoms with Gasteiger partial charge in [-0.25, -0.2) is 4.39 Å². The summed E-state index contributed by atoms with van der Waals surface area (Å²) >= 11 is 0. The predicted octanol–water partition coefficient (Wildman–Crippen LogP) is 3.14. The van der Waals surface area contributed by atoms with E-state index in [1.54, 1.807) is 6.07 Å². The van der Waals surface area contributed by atoms with E-state index >= 15 is 0 Å². The minimum Gasteiger partial charge on any atom is -0.489 e. The van der Waals surface area contributed by atoms with Crippen molar-refractivity contribution in [1.82, 2.24) is 0 Å². The van der Waals surface area contributed by atoms with Crippen molar-refractivity contribution in [3.05, 3.63) is 65.5 Å². The minimum absolute atomic E-state index is 0.0713. The third kappa shape index (κ3) is 4.42. The summed E-state index contributed by atoms with van der Waals surface area (Å²) in [4.78, 5) is 0. The molecule has 0 saturated heterocycles. The molecule has 1 N–H and O–H groups in total. The lowest BCUT2D eigenvalue weighted by Gasteiger charge is -2.06. The molecule has 2 nitrogen and oxygen atoms in total. The van der Waals surface area contributed by atoms with E-state index < -0.39 is 0 Å². The molecule has 0 saturated carbocycles. The third-order valence-electron chi connectivity index (χ3n) is 2.62. The van der Waals surface area contributed by atoms with Crippen LogP contribution in [-0.2, 0) is 6.61 Å². The Kier molecular flexibility index (Phi) is 5.16. The zero-order valence-electron chi connectivity index (χ0n) is 11.0. The topological polar surface area (TPSA) is 29.5 Å².